The van der Waals surface area contributed by atoms with Crippen LogP contribution in [0.4, 0.5) is 0 Å². The van der Waals surface area contributed by atoms with Crippen LogP contribution in [0.5, 0.6) is 0 Å². The van der Waals surface area contributed by atoms with Gasteiger partial charge in [-0.25, -0.2) is 9.78 Å². The number of methoxy groups -OCH3 is 1. The molecule has 2 aromatic carbocycles. The number of esters is 1. The van der Waals surface area contributed by atoms with E-state index in [4.69, 9.17) is 4.74 Å². The van der Waals surface area contributed by atoms with Gasteiger partial charge in [0.2, 0.25) is 0 Å². The molecule has 0 saturated heterocycles. The molecule has 0 spiro atoms. The van der Waals surface area contributed by atoms with Crippen LogP contribution in [0.15, 0.2) is 48.5 Å². The first-order valence-electron chi connectivity index (χ1n) is 8.44. The van der Waals surface area contributed by atoms with Gasteiger partial charge in [-0.1, -0.05) is 30.3 Å². The third kappa shape index (κ3) is 2.57. The lowest BCUT2D eigenvalue weighted by atomic mass is 10.0. The Morgan fingerprint density at radius 3 is 2.22 bits per heavy atom. The Balaban J connectivity index is 1.84. The second-order valence-corrected chi connectivity index (χ2v) is 6.31. The van der Waals surface area contributed by atoms with Crippen molar-refractivity contribution in [1.29, 1.82) is 0 Å². The highest BCUT2D eigenvalue weighted by molar-refractivity contribution is 6.21. The van der Waals surface area contributed by atoms with Gasteiger partial charge in [0.1, 0.15) is 0 Å². The van der Waals surface area contributed by atoms with E-state index in [1.165, 1.54) is 7.11 Å². The number of carbonyl (C=O) groups is 3. The SMILES string of the molecule is COC(=O)c1c(CN2C(=O)c3ccccc3C2=O)nc2ccccc2c1C. The Morgan fingerprint density at radius 1 is 1.00 bits per heavy atom. The van der Waals surface area contributed by atoms with Crippen LogP contribution < -0.4 is 0 Å². The first-order chi connectivity index (χ1) is 13.0. The second kappa shape index (κ2) is 6.32. The third-order valence-corrected chi connectivity index (χ3v) is 4.80. The standard InChI is InChI=1S/C21H16N2O4/c1-12-13-7-5-6-10-16(13)22-17(18(12)21(26)27-2)11-23-19(24)14-8-3-4-9-15(14)20(23)25/h3-10H,11H2,1-2H3. The van der Waals surface area contributed by atoms with Crippen molar-refractivity contribution in [2.75, 3.05) is 7.11 Å². The van der Waals surface area contributed by atoms with Gasteiger partial charge >= 0.3 is 5.97 Å². The van der Waals surface area contributed by atoms with E-state index >= 15 is 0 Å². The fraction of sp³-hybridized carbons (Fsp3) is 0.143. The minimum Gasteiger partial charge on any atom is -0.465 e. The predicted molar refractivity (Wildman–Crippen MR) is 98.5 cm³/mol. The molecule has 0 N–H and O–H groups in total. The monoisotopic (exact) mass is 360 g/mol. The molecule has 6 nitrogen and oxygen atoms in total. The van der Waals surface area contributed by atoms with Gasteiger partial charge in [0.15, 0.2) is 0 Å². The maximum absolute atomic E-state index is 12.7. The number of carbonyl (C=O) groups excluding carboxylic acids is 3. The summed E-state index contributed by atoms with van der Waals surface area (Å²) < 4.78 is 4.92. The molecule has 1 aliphatic rings. The van der Waals surface area contributed by atoms with Crippen molar-refractivity contribution in [3.63, 3.8) is 0 Å². The zero-order valence-corrected chi connectivity index (χ0v) is 14.9. The van der Waals surface area contributed by atoms with E-state index in [2.05, 4.69) is 4.98 Å². The van der Waals surface area contributed by atoms with Crippen LogP contribution in [-0.2, 0) is 11.3 Å². The Kier molecular flexibility index (Phi) is 3.96. The first-order valence-corrected chi connectivity index (χ1v) is 8.44. The van der Waals surface area contributed by atoms with Gasteiger partial charge in [-0.15, -0.1) is 0 Å². The van der Waals surface area contributed by atoms with Crippen molar-refractivity contribution >= 4 is 28.7 Å². The summed E-state index contributed by atoms with van der Waals surface area (Å²) in [6.07, 6.45) is 0. The Hall–Kier alpha value is -3.54. The molecule has 1 aliphatic heterocycles. The molecular formula is C21H16N2O4. The maximum Gasteiger partial charge on any atom is 0.340 e. The molecule has 0 bridgehead atoms. The topological polar surface area (TPSA) is 76.6 Å². The molecule has 4 rings (SSSR count). The maximum atomic E-state index is 12.7. The first kappa shape index (κ1) is 16.9. The number of amides is 2. The van der Waals surface area contributed by atoms with Crippen molar-refractivity contribution in [2.45, 2.75) is 13.5 Å². The van der Waals surface area contributed by atoms with E-state index in [1.54, 1.807) is 24.3 Å². The van der Waals surface area contributed by atoms with Gasteiger partial charge in [0, 0.05) is 5.39 Å². The molecule has 134 valence electrons. The number of aryl methyl sites for hydroxylation is 1. The van der Waals surface area contributed by atoms with Gasteiger partial charge in [0.25, 0.3) is 11.8 Å². The fourth-order valence-electron chi connectivity index (χ4n) is 3.46. The summed E-state index contributed by atoms with van der Waals surface area (Å²) in [6.45, 7) is 1.71. The number of nitrogens with zero attached hydrogens (tertiary/aromatic N) is 2. The van der Waals surface area contributed by atoms with Crippen LogP contribution in [0.2, 0.25) is 0 Å². The molecule has 2 amide bonds. The molecular weight excluding hydrogens is 344 g/mol. The fourth-order valence-corrected chi connectivity index (χ4v) is 3.46. The van der Waals surface area contributed by atoms with E-state index in [0.29, 0.717) is 27.9 Å². The summed E-state index contributed by atoms with van der Waals surface area (Å²) in [5.41, 5.74) is 2.74. The van der Waals surface area contributed by atoms with Crippen molar-refractivity contribution in [1.82, 2.24) is 9.88 Å². The molecule has 0 aliphatic carbocycles. The zero-order chi connectivity index (χ0) is 19.1. The van der Waals surface area contributed by atoms with Crippen molar-refractivity contribution in [3.05, 3.63) is 76.5 Å². The molecule has 6 heteroatoms. The molecule has 0 saturated carbocycles. The summed E-state index contributed by atoms with van der Waals surface area (Å²) in [6, 6.07) is 14.1. The van der Waals surface area contributed by atoms with Gasteiger partial charge in [-0.2, -0.15) is 0 Å². The van der Waals surface area contributed by atoms with Crippen LogP contribution >= 0.6 is 0 Å². The Labute approximate surface area is 155 Å². The van der Waals surface area contributed by atoms with Crippen LogP contribution in [0, 0.1) is 6.92 Å². The van der Waals surface area contributed by atoms with Gasteiger partial charge in [0.05, 0.1) is 41.6 Å². The summed E-state index contributed by atoms with van der Waals surface area (Å²) in [4.78, 5) is 43.4. The van der Waals surface area contributed by atoms with Gasteiger partial charge in [-0.05, 0) is 30.7 Å². The molecule has 1 aromatic heterocycles. The molecule has 27 heavy (non-hydrogen) atoms. The lowest BCUT2D eigenvalue weighted by Gasteiger charge is -2.18. The number of aromatic nitrogens is 1. The minimum atomic E-state index is -0.544. The summed E-state index contributed by atoms with van der Waals surface area (Å²) in [5.74, 6) is -1.32. The number of hydrogen-bond acceptors (Lipinski definition) is 5. The van der Waals surface area contributed by atoms with E-state index in [1.807, 2.05) is 31.2 Å². The number of ether oxygens (including phenoxy) is 1. The minimum absolute atomic E-state index is 0.0948. The number of para-hydroxylation sites is 1. The van der Waals surface area contributed by atoms with Crippen molar-refractivity contribution < 1.29 is 19.1 Å². The number of benzene rings is 2. The highest BCUT2D eigenvalue weighted by Crippen LogP contribution is 2.28. The zero-order valence-electron chi connectivity index (χ0n) is 14.9. The van der Waals surface area contributed by atoms with E-state index in [0.717, 1.165) is 10.3 Å². The number of fused-ring (bicyclic) bond motifs is 2. The average molecular weight is 360 g/mol. The largest absolute Gasteiger partial charge is 0.465 e. The highest BCUT2D eigenvalue weighted by Gasteiger charge is 2.36. The molecule has 0 unspecified atom stereocenters. The summed E-state index contributed by atoms with van der Waals surface area (Å²) in [7, 11) is 1.29. The normalized spacial score (nSPS) is 13.2. The molecule has 3 aromatic rings. The van der Waals surface area contributed by atoms with Crippen LogP contribution in [0.25, 0.3) is 10.9 Å². The molecule has 0 fully saturated rings. The number of imide groups is 1. The predicted octanol–water partition coefficient (Wildman–Crippen LogP) is 3.13. The van der Waals surface area contributed by atoms with E-state index in [-0.39, 0.29) is 23.9 Å². The highest BCUT2D eigenvalue weighted by atomic mass is 16.5. The van der Waals surface area contributed by atoms with Gasteiger partial charge in [-0.3, -0.25) is 14.5 Å². The molecule has 2 heterocycles. The van der Waals surface area contributed by atoms with Crippen LogP contribution in [0.1, 0.15) is 42.3 Å². The van der Waals surface area contributed by atoms with Gasteiger partial charge < -0.3 is 4.74 Å². The average Bonchev–Trinajstić information content (AvgIpc) is 2.93. The van der Waals surface area contributed by atoms with Crippen LogP contribution in [0.3, 0.4) is 0 Å². The van der Waals surface area contributed by atoms with Crippen molar-refractivity contribution in [2.24, 2.45) is 0 Å². The number of pyridine rings is 1. The lowest BCUT2D eigenvalue weighted by molar-refractivity contribution is 0.0581. The number of hydrogen-bond donors (Lipinski definition) is 0. The smallest absolute Gasteiger partial charge is 0.340 e. The third-order valence-electron chi connectivity index (χ3n) is 4.80. The lowest BCUT2D eigenvalue weighted by Crippen LogP contribution is -2.30. The number of rotatable bonds is 3. The van der Waals surface area contributed by atoms with Crippen molar-refractivity contribution in [3.8, 4) is 0 Å². The second-order valence-electron chi connectivity index (χ2n) is 6.31. The molecule has 0 radical (unpaired) electrons. The summed E-state index contributed by atoms with van der Waals surface area (Å²) >= 11 is 0. The summed E-state index contributed by atoms with van der Waals surface area (Å²) in [5, 5.41) is 0.823. The van der Waals surface area contributed by atoms with Crippen LogP contribution in [-0.4, -0.2) is 34.8 Å². The van der Waals surface area contributed by atoms with E-state index < -0.39 is 5.97 Å². The molecule has 0 atom stereocenters. The Bertz CT molecular complexity index is 1090. The van der Waals surface area contributed by atoms with E-state index in [9.17, 15) is 14.4 Å². The Morgan fingerprint density at radius 2 is 1.59 bits per heavy atom. The quantitative estimate of drug-likeness (QED) is 0.530.